The lowest BCUT2D eigenvalue weighted by Crippen LogP contribution is -2.15. The van der Waals surface area contributed by atoms with E-state index >= 15 is 0 Å². The van der Waals surface area contributed by atoms with E-state index in [2.05, 4.69) is 25.3 Å². The molecule has 0 radical (unpaired) electrons. The molecule has 0 aliphatic rings. The summed E-state index contributed by atoms with van der Waals surface area (Å²) in [6, 6.07) is 4.22. The van der Waals surface area contributed by atoms with Crippen LogP contribution in [0, 0.1) is 10.1 Å². The summed E-state index contributed by atoms with van der Waals surface area (Å²) >= 11 is 1.17. The average molecular weight is 360 g/mol. The minimum atomic E-state index is -0.580. The standard InChI is InChI=1S/C14H12N6O4S/c1-24-8-2-3-9(10(4-8)20(22)23)19-11(21)5-25-14-12-13(16-6-15-12)17-7-18-14/h2-4,6-7H,5H2,1H3,(H,19,21)(H,15,16,17,18). The predicted octanol–water partition coefficient (Wildman–Crippen LogP) is 2.00. The number of ether oxygens (including phenoxy) is 1. The quantitative estimate of drug-likeness (QED) is 0.295. The molecule has 1 aromatic carbocycles. The number of benzene rings is 1. The lowest BCUT2D eigenvalue weighted by atomic mass is 10.2. The minimum Gasteiger partial charge on any atom is -0.496 e. The monoisotopic (exact) mass is 360 g/mol. The minimum absolute atomic E-state index is 0.0221. The Morgan fingerprint density at radius 2 is 2.24 bits per heavy atom. The molecular weight excluding hydrogens is 348 g/mol. The van der Waals surface area contributed by atoms with Gasteiger partial charge in [0.15, 0.2) is 5.65 Å². The smallest absolute Gasteiger partial charge is 0.296 e. The van der Waals surface area contributed by atoms with Crippen LogP contribution in [-0.2, 0) is 4.79 Å². The molecule has 2 N–H and O–H groups in total. The molecule has 10 nitrogen and oxygen atoms in total. The number of nitrogens with one attached hydrogen (secondary N) is 2. The Morgan fingerprint density at radius 3 is 3.00 bits per heavy atom. The molecule has 2 aromatic heterocycles. The summed E-state index contributed by atoms with van der Waals surface area (Å²) in [7, 11) is 1.41. The van der Waals surface area contributed by atoms with Crippen LogP contribution < -0.4 is 10.1 Å². The van der Waals surface area contributed by atoms with Gasteiger partial charge in [-0.1, -0.05) is 11.8 Å². The molecule has 0 fully saturated rings. The Kier molecular flexibility index (Phi) is 4.75. The van der Waals surface area contributed by atoms with Crippen molar-refractivity contribution in [1.29, 1.82) is 0 Å². The molecule has 3 aromatic rings. The van der Waals surface area contributed by atoms with Crippen LogP contribution in [0.5, 0.6) is 5.75 Å². The number of rotatable bonds is 6. The lowest BCUT2D eigenvalue weighted by Gasteiger charge is -2.07. The topological polar surface area (TPSA) is 136 Å². The maximum absolute atomic E-state index is 12.1. The number of hydrogen-bond acceptors (Lipinski definition) is 8. The number of fused-ring (bicyclic) bond motifs is 1. The first-order valence-electron chi connectivity index (χ1n) is 6.97. The molecule has 0 atom stereocenters. The number of H-pyrrole nitrogens is 1. The summed E-state index contributed by atoms with van der Waals surface area (Å²) in [5.74, 6) is -0.0415. The van der Waals surface area contributed by atoms with E-state index in [4.69, 9.17) is 4.74 Å². The molecular formula is C14H12N6O4S. The number of imidazole rings is 1. The van der Waals surface area contributed by atoms with Crippen molar-refractivity contribution < 1.29 is 14.5 Å². The fourth-order valence-electron chi connectivity index (χ4n) is 2.07. The van der Waals surface area contributed by atoms with Crippen LogP contribution in [-0.4, -0.2) is 43.6 Å². The molecule has 0 saturated carbocycles. The van der Waals surface area contributed by atoms with Crippen molar-refractivity contribution in [2.75, 3.05) is 18.2 Å². The molecule has 0 aliphatic carbocycles. The largest absolute Gasteiger partial charge is 0.496 e. The molecule has 0 unspecified atom stereocenters. The Balaban J connectivity index is 1.71. The van der Waals surface area contributed by atoms with Gasteiger partial charge in [0.2, 0.25) is 5.91 Å². The number of thioether (sulfide) groups is 1. The lowest BCUT2D eigenvalue weighted by molar-refractivity contribution is -0.384. The highest BCUT2D eigenvalue weighted by Crippen LogP contribution is 2.29. The van der Waals surface area contributed by atoms with Gasteiger partial charge in [-0.15, -0.1) is 0 Å². The summed E-state index contributed by atoms with van der Waals surface area (Å²) in [6.45, 7) is 0. The van der Waals surface area contributed by atoms with E-state index in [-0.39, 0.29) is 17.1 Å². The van der Waals surface area contributed by atoms with Gasteiger partial charge in [0.05, 0.1) is 30.2 Å². The number of nitro groups is 1. The summed E-state index contributed by atoms with van der Waals surface area (Å²) in [5.41, 5.74) is 1.00. The van der Waals surface area contributed by atoms with Crippen LogP contribution in [0.1, 0.15) is 0 Å². The third kappa shape index (κ3) is 3.66. The number of carbonyl (C=O) groups is 1. The van der Waals surface area contributed by atoms with Gasteiger partial charge in [0.1, 0.15) is 28.3 Å². The zero-order valence-corrected chi connectivity index (χ0v) is 13.7. The van der Waals surface area contributed by atoms with Crippen molar-refractivity contribution in [3.8, 4) is 5.75 Å². The number of nitrogens with zero attached hydrogens (tertiary/aromatic N) is 4. The van der Waals surface area contributed by atoms with Crippen molar-refractivity contribution in [2.24, 2.45) is 0 Å². The Labute approximate surface area is 145 Å². The van der Waals surface area contributed by atoms with E-state index in [1.165, 1.54) is 49.7 Å². The van der Waals surface area contributed by atoms with Crippen LogP contribution in [0.3, 0.4) is 0 Å². The highest BCUT2D eigenvalue weighted by molar-refractivity contribution is 8.00. The third-order valence-corrected chi connectivity index (χ3v) is 4.19. The summed E-state index contributed by atoms with van der Waals surface area (Å²) < 4.78 is 4.96. The Hall–Kier alpha value is -3.21. The van der Waals surface area contributed by atoms with E-state index in [0.717, 1.165) is 0 Å². The van der Waals surface area contributed by atoms with Gasteiger partial charge in [-0.25, -0.2) is 15.0 Å². The van der Waals surface area contributed by atoms with Crippen LogP contribution in [0.2, 0.25) is 0 Å². The van der Waals surface area contributed by atoms with Gasteiger partial charge in [-0.05, 0) is 12.1 Å². The first kappa shape index (κ1) is 16.6. The maximum Gasteiger partial charge on any atom is 0.296 e. The van der Waals surface area contributed by atoms with E-state index < -0.39 is 10.8 Å². The Bertz CT molecular complexity index is 944. The van der Waals surface area contributed by atoms with Crippen molar-refractivity contribution >= 4 is 40.2 Å². The van der Waals surface area contributed by atoms with Crippen molar-refractivity contribution in [3.63, 3.8) is 0 Å². The number of anilines is 1. The van der Waals surface area contributed by atoms with E-state index in [9.17, 15) is 14.9 Å². The Morgan fingerprint density at radius 1 is 1.40 bits per heavy atom. The number of methoxy groups -OCH3 is 1. The van der Waals surface area contributed by atoms with Gasteiger partial charge >= 0.3 is 0 Å². The molecule has 25 heavy (non-hydrogen) atoms. The van der Waals surface area contributed by atoms with Crippen molar-refractivity contribution in [2.45, 2.75) is 5.03 Å². The molecule has 0 spiro atoms. The van der Waals surface area contributed by atoms with Crippen LogP contribution >= 0.6 is 11.8 Å². The average Bonchev–Trinajstić information content (AvgIpc) is 3.09. The van der Waals surface area contributed by atoms with Gasteiger partial charge in [0.25, 0.3) is 5.69 Å². The van der Waals surface area contributed by atoms with Gasteiger partial charge in [-0.2, -0.15) is 0 Å². The fraction of sp³-hybridized carbons (Fsp3) is 0.143. The fourth-order valence-corrected chi connectivity index (χ4v) is 2.82. The zero-order chi connectivity index (χ0) is 17.8. The SMILES string of the molecule is COc1ccc(NC(=O)CSc2ncnc3nc[nH]c23)c([N+](=O)[O-])c1. The molecule has 2 heterocycles. The second kappa shape index (κ2) is 7.13. The third-order valence-electron chi connectivity index (χ3n) is 3.20. The number of hydrogen-bond donors (Lipinski definition) is 2. The number of aromatic nitrogens is 4. The second-order valence-electron chi connectivity index (χ2n) is 4.76. The molecule has 0 aliphatic heterocycles. The van der Waals surface area contributed by atoms with Crippen LogP contribution in [0.4, 0.5) is 11.4 Å². The van der Waals surface area contributed by atoms with E-state index in [0.29, 0.717) is 21.9 Å². The highest BCUT2D eigenvalue weighted by atomic mass is 32.2. The molecule has 1 amide bonds. The maximum atomic E-state index is 12.1. The number of aromatic amines is 1. The first-order valence-corrected chi connectivity index (χ1v) is 7.96. The number of amides is 1. The molecule has 0 bridgehead atoms. The normalized spacial score (nSPS) is 10.6. The molecule has 3 rings (SSSR count). The predicted molar refractivity (Wildman–Crippen MR) is 90.7 cm³/mol. The zero-order valence-electron chi connectivity index (χ0n) is 12.9. The first-order chi connectivity index (χ1) is 12.1. The summed E-state index contributed by atoms with van der Waals surface area (Å²) in [4.78, 5) is 37.7. The van der Waals surface area contributed by atoms with Gasteiger partial charge < -0.3 is 15.0 Å². The van der Waals surface area contributed by atoms with E-state index in [1.807, 2.05) is 0 Å². The second-order valence-corrected chi connectivity index (χ2v) is 5.72. The number of nitro benzene ring substituents is 1. The van der Waals surface area contributed by atoms with Crippen molar-refractivity contribution in [3.05, 3.63) is 41.0 Å². The molecule has 128 valence electrons. The number of carbonyl (C=O) groups excluding carboxylic acids is 1. The highest BCUT2D eigenvalue weighted by Gasteiger charge is 2.18. The van der Waals surface area contributed by atoms with Gasteiger partial charge in [-0.3, -0.25) is 14.9 Å². The summed E-state index contributed by atoms with van der Waals surface area (Å²) in [6.07, 6.45) is 2.85. The van der Waals surface area contributed by atoms with Gasteiger partial charge in [0, 0.05) is 0 Å². The summed E-state index contributed by atoms with van der Waals surface area (Å²) in [5, 5.41) is 14.2. The van der Waals surface area contributed by atoms with Crippen LogP contribution in [0.25, 0.3) is 11.2 Å². The molecule has 11 heteroatoms. The molecule has 0 saturated heterocycles. The van der Waals surface area contributed by atoms with Crippen molar-refractivity contribution in [1.82, 2.24) is 19.9 Å². The van der Waals surface area contributed by atoms with E-state index in [1.54, 1.807) is 0 Å². The van der Waals surface area contributed by atoms with Crippen LogP contribution in [0.15, 0.2) is 35.9 Å².